The van der Waals surface area contributed by atoms with Gasteiger partial charge in [-0.1, -0.05) is 13.8 Å². The van der Waals surface area contributed by atoms with E-state index < -0.39 is 0 Å². The van der Waals surface area contributed by atoms with Gasteiger partial charge in [0.15, 0.2) is 0 Å². The number of hydrogen-bond donors (Lipinski definition) is 2. The Morgan fingerprint density at radius 3 is 2.31 bits per heavy atom. The molecule has 1 aliphatic carbocycles. The molecule has 0 aliphatic heterocycles. The summed E-state index contributed by atoms with van der Waals surface area (Å²) in [6.07, 6.45) is 4.01. The second kappa shape index (κ2) is 12.8. The van der Waals surface area contributed by atoms with Gasteiger partial charge in [-0.15, -0.1) is 0 Å². The Morgan fingerprint density at radius 2 is 1.69 bits per heavy atom. The summed E-state index contributed by atoms with van der Waals surface area (Å²) in [5.74, 6) is 0.298. The smallest absolute Gasteiger partial charge is 0.223 e. The minimum Gasteiger partial charge on any atom is -0.384 e. The Kier molecular flexibility index (Phi) is 11.1. The van der Waals surface area contributed by atoms with E-state index in [0.717, 1.165) is 25.7 Å². The van der Waals surface area contributed by atoms with Crippen molar-refractivity contribution in [3.05, 3.63) is 0 Å². The zero-order valence-corrected chi connectivity index (χ0v) is 16.3. The predicted molar refractivity (Wildman–Crippen MR) is 98.7 cm³/mol. The lowest BCUT2D eigenvalue weighted by atomic mass is 9.85. The fourth-order valence-corrected chi connectivity index (χ4v) is 2.95. The molecule has 0 atom stereocenters. The van der Waals surface area contributed by atoms with Crippen LogP contribution in [0.25, 0.3) is 0 Å². The molecule has 7 nitrogen and oxygen atoms in total. The lowest BCUT2D eigenvalue weighted by molar-refractivity contribution is -0.127. The van der Waals surface area contributed by atoms with Crippen LogP contribution in [0.1, 0.15) is 52.4 Å². The standard InChI is InChI=1S/C19H34N2O5/c1-14(2)17(22)8-12-26-13-10-20-19(24)15-4-6-16(7-5-15)21-18(23)9-11-25-3/h14-16H,4-13H2,1-3H3,(H,20,24)(H,21,23). The highest BCUT2D eigenvalue weighted by Gasteiger charge is 2.26. The quantitative estimate of drug-likeness (QED) is 0.507. The molecule has 0 saturated heterocycles. The number of carbonyl (C=O) groups is 3. The first-order chi connectivity index (χ1) is 12.4. The van der Waals surface area contributed by atoms with Gasteiger partial charge in [0.05, 0.1) is 19.8 Å². The van der Waals surface area contributed by atoms with Crippen molar-refractivity contribution in [1.29, 1.82) is 0 Å². The van der Waals surface area contributed by atoms with Crippen molar-refractivity contribution < 1.29 is 23.9 Å². The van der Waals surface area contributed by atoms with E-state index in [2.05, 4.69) is 10.6 Å². The van der Waals surface area contributed by atoms with Gasteiger partial charge in [0.25, 0.3) is 0 Å². The van der Waals surface area contributed by atoms with Gasteiger partial charge in [0.2, 0.25) is 11.8 Å². The monoisotopic (exact) mass is 370 g/mol. The number of hydrogen-bond acceptors (Lipinski definition) is 5. The summed E-state index contributed by atoms with van der Waals surface area (Å²) in [4.78, 5) is 35.3. The Labute approximate surface area is 156 Å². The van der Waals surface area contributed by atoms with Gasteiger partial charge >= 0.3 is 0 Å². The summed E-state index contributed by atoms with van der Waals surface area (Å²) in [6.45, 7) is 5.47. The van der Waals surface area contributed by atoms with Gasteiger partial charge in [-0.2, -0.15) is 0 Å². The molecule has 0 unspecified atom stereocenters. The molecule has 1 fully saturated rings. The maximum absolute atomic E-state index is 12.2. The fraction of sp³-hybridized carbons (Fsp3) is 0.842. The van der Waals surface area contributed by atoms with Crippen LogP contribution >= 0.6 is 0 Å². The Balaban J connectivity index is 2.09. The molecule has 1 rings (SSSR count). The zero-order valence-electron chi connectivity index (χ0n) is 16.3. The van der Waals surface area contributed by atoms with E-state index in [0.29, 0.717) is 39.2 Å². The van der Waals surface area contributed by atoms with Gasteiger partial charge < -0.3 is 20.1 Å². The van der Waals surface area contributed by atoms with Crippen molar-refractivity contribution in [1.82, 2.24) is 10.6 Å². The largest absolute Gasteiger partial charge is 0.384 e. The van der Waals surface area contributed by atoms with Crippen LogP contribution in [-0.4, -0.2) is 57.1 Å². The molecule has 0 bridgehead atoms. The maximum Gasteiger partial charge on any atom is 0.223 e. The number of carbonyl (C=O) groups excluding carboxylic acids is 3. The minimum atomic E-state index is 0.00430. The van der Waals surface area contributed by atoms with Gasteiger partial charge in [-0.05, 0) is 25.7 Å². The molecular formula is C19H34N2O5. The van der Waals surface area contributed by atoms with Crippen LogP contribution in [0.15, 0.2) is 0 Å². The highest BCUT2D eigenvalue weighted by molar-refractivity contribution is 5.80. The molecule has 7 heteroatoms. The number of amides is 2. The average Bonchev–Trinajstić information content (AvgIpc) is 2.62. The summed E-state index contributed by atoms with van der Waals surface area (Å²) in [6, 6.07) is 0.158. The number of nitrogens with one attached hydrogen (secondary N) is 2. The lowest BCUT2D eigenvalue weighted by Crippen LogP contribution is -2.41. The second-order valence-electron chi connectivity index (χ2n) is 7.13. The molecule has 0 aromatic heterocycles. The third-order valence-corrected chi connectivity index (χ3v) is 4.68. The number of ketones is 1. The molecule has 26 heavy (non-hydrogen) atoms. The Morgan fingerprint density at radius 1 is 1.00 bits per heavy atom. The van der Waals surface area contributed by atoms with E-state index in [1.165, 1.54) is 0 Å². The number of Topliss-reactive ketones (excluding diaryl/α,β-unsaturated/α-hetero) is 1. The van der Waals surface area contributed by atoms with Crippen molar-refractivity contribution in [3.8, 4) is 0 Å². The van der Waals surface area contributed by atoms with Crippen LogP contribution in [0.5, 0.6) is 0 Å². The van der Waals surface area contributed by atoms with Crippen molar-refractivity contribution in [3.63, 3.8) is 0 Å². The van der Waals surface area contributed by atoms with Crippen LogP contribution in [-0.2, 0) is 23.9 Å². The number of rotatable bonds is 12. The molecular weight excluding hydrogens is 336 g/mol. The van der Waals surface area contributed by atoms with Crippen LogP contribution in [0.2, 0.25) is 0 Å². The topological polar surface area (TPSA) is 93.7 Å². The third kappa shape index (κ3) is 9.29. The third-order valence-electron chi connectivity index (χ3n) is 4.68. The van der Waals surface area contributed by atoms with Crippen LogP contribution < -0.4 is 10.6 Å². The van der Waals surface area contributed by atoms with Gasteiger partial charge in [-0.25, -0.2) is 0 Å². The number of methoxy groups -OCH3 is 1. The van der Waals surface area contributed by atoms with Crippen molar-refractivity contribution >= 4 is 17.6 Å². The summed E-state index contributed by atoms with van der Waals surface area (Å²) in [5.41, 5.74) is 0. The average molecular weight is 370 g/mol. The molecule has 0 aromatic carbocycles. The summed E-state index contributed by atoms with van der Waals surface area (Å²) in [5, 5.41) is 5.89. The van der Waals surface area contributed by atoms with E-state index in [9.17, 15) is 14.4 Å². The summed E-state index contributed by atoms with van der Waals surface area (Å²) < 4.78 is 10.3. The molecule has 0 heterocycles. The molecule has 2 amide bonds. The van der Waals surface area contributed by atoms with E-state index in [-0.39, 0.29) is 35.5 Å². The molecule has 0 aromatic rings. The lowest BCUT2D eigenvalue weighted by Gasteiger charge is -2.28. The van der Waals surface area contributed by atoms with Crippen LogP contribution in [0.4, 0.5) is 0 Å². The summed E-state index contributed by atoms with van der Waals surface area (Å²) >= 11 is 0. The minimum absolute atomic E-state index is 0.00430. The van der Waals surface area contributed by atoms with E-state index in [1.54, 1.807) is 7.11 Å². The van der Waals surface area contributed by atoms with Crippen LogP contribution in [0.3, 0.4) is 0 Å². The summed E-state index contributed by atoms with van der Waals surface area (Å²) in [7, 11) is 1.58. The number of ether oxygens (including phenoxy) is 2. The molecule has 0 radical (unpaired) electrons. The SMILES string of the molecule is COCCC(=O)NC1CCC(C(=O)NCCOCCC(=O)C(C)C)CC1. The Hall–Kier alpha value is -1.47. The van der Waals surface area contributed by atoms with E-state index in [1.807, 2.05) is 13.8 Å². The van der Waals surface area contributed by atoms with E-state index >= 15 is 0 Å². The van der Waals surface area contributed by atoms with Gasteiger partial charge in [-0.3, -0.25) is 14.4 Å². The van der Waals surface area contributed by atoms with Gasteiger partial charge in [0, 0.05) is 44.4 Å². The predicted octanol–water partition coefficient (Wildman–Crippen LogP) is 1.45. The van der Waals surface area contributed by atoms with Crippen LogP contribution in [0, 0.1) is 11.8 Å². The van der Waals surface area contributed by atoms with Gasteiger partial charge in [0.1, 0.15) is 5.78 Å². The highest BCUT2D eigenvalue weighted by atomic mass is 16.5. The van der Waals surface area contributed by atoms with E-state index in [4.69, 9.17) is 9.47 Å². The molecule has 1 aliphatic rings. The first-order valence-corrected chi connectivity index (χ1v) is 9.60. The van der Waals surface area contributed by atoms with Crippen molar-refractivity contribution in [2.75, 3.05) is 33.5 Å². The molecule has 2 N–H and O–H groups in total. The fourth-order valence-electron chi connectivity index (χ4n) is 2.95. The molecule has 0 spiro atoms. The highest BCUT2D eigenvalue weighted by Crippen LogP contribution is 2.24. The van der Waals surface area contributed by atoms with Crippen molar-refractivity contribution in [2.45, 2.75) is 58.4 Å². The van der Waals surface area contributed by atoms with Crippen molar-refractivity contribution in [2.24, 2.45) is 11.8 Å². The Bertz CT molecular complexity index is 445. The normalized spacial score (nSPS) is 20.0. The first kappa shape index (κ1) is 22.6. The zero-order chi connectivity index (χ0) is 19.4. The molecule has 1 saturated carbocycles. The maximum atomic E-state index is 12.2. The first-order valence-electron chi connectivity index (χ1n) is 9.60. The molecule has 150 valence electrons. The second-order valence-corrected chi connectivity index (χ2v) is 7.13.